The Morgan fingerprint density at radius 1 is 1.35 bits per heavy atom. The van der Waals surface area contributed by atoms with E-state index < -0.39 is 17.4 Å². The minimum atomic E-state index is -1.60. The van der Waals surface area contributed by atoms with Crippen LogP contribution in [0, 0.1) is 11.2 Å². The smallest absolute Gasteiger partial charge is 0.449 e. The number of fused-ring (bicyclic) bond motifs is 1. The number of carboxylic acid groups (broad SMARTS) is 1. The molecule has 1 saturated carbocycles. The fourth-order valence-corrected chi connectivity index (χ4v) is 4.31. The lowest BCUT2D eigenvalue weighted by molar-refractivity contribution is 0.143. The first-order valence-corrected chi connectivity index (χ1v) is 10.7. The summed E-state index contributed by atoms with van der Waals surface area (Å²) >= 11 is 6.69. The number of aromatic nitrogens is 1. The van der Waals surface area contributed by atoms with E-state index in [0.29, 0.717) is 18.6 Å². The van der Waals surface area contributed by atoms with Crippen LogP contribution < -0.4 is 15.1 Å². The fourth-order valence-electron chi connectivity index (χ4n) is 3.90. The van der Waals surface area contributed by atoms with E-state index >= 15 is 4.39 Å². The number of halogens is 2. The Labute approximate surface area is 184 Å². The summed E-state index contributed by atoms with van der Waals surface area (Å²) in [6, 6.07) is 1.25. The summed E-state index contributed by atoms with van der Waals surface area (Å²) < 4.78 is 21.6. The van der Waals surface area contributed by atoms with E-state index in [1.165, 1.54) is 6.20 Å². The maximum atomic E-state index is 15.2. The summed E-state index contributed by atoms with van der Waals surface area (Å²) in [5.41, 5.74) is -0.0704. The zero-order chi connectivity index (χ0) is 22.5. The Morgan fingerprint density at radius 3 is 2.68 bits per heavy atom. The normalized spacial score (nSPS) is 19.5. The van der Waals surface area contributed by atoms with Gasteiger partial charge in [0.1, 0.15) is 5.82 Å². The number of pyridine rings is 1. The average molecular weight is 450 g/mol. The number of benzene rings is 1. The van der Waals surface area contributed by atoms with Crippen molar-refractivity contribution in [3.05, 3.63) is 33.3 Å². The third-order valence-corrected chi connectivity index (χ3v) is 5.80. The lowest BCUT2D eigenvalue weighted by Crippen LogP contribution is -2.24. The Kier molecular flexibility index (Phi) is 5.45. The van der Waals surface area contributed by atoms with Crippen LogP contribution in [-0.2, 0) is 0 Å². The molecule has 1 atom stereocenters. The number of rotatable bonds is 4. The molecule has 1 aliphatic heterocycles. The molecule has 2 aromatic rings. The van der Waals surface area contributed by atoms with E-state index in [1.807, 2.05) is 11.1 Å². The first-order valence-electron chi connectivity index (χ1n) is 10.3. The second kappa shape index (κ2) is 7.82. The molecule has 1 unspecified atom stereocenters. The second-order valence-corrected chi connectivity index (χ2v) is 9.66. The summed E-state index contributed by atoms with van der Waals surface area (Å²) in [6.07, 6.45) is 4.20. The van der Waals surface area contributed by atoms with Crippen LogP contribution >= 0.6 is 11.6 Å². The molecule has 9 heteroatoms. The number of ether oxygens (including phenoxy) is 1. The van der Waals surface area contributed by atoms with Gasteiger partial charge in [0.15, 0.2) is 5.75 Å². The first kappa shape index (κ1) is 21.6. The molecule has 1 aromatic carbocycles. The molecule has 2 aliphatic rings. The number of anilines is 1. The molecule has 1 aliphatic carbocycles. The summed E-state index contributed by atoms with van der Waals surface area (Å²) in [7, 11) is 0. The van der Waals surface area contributed by atoms with Crippen LogP contribution in [0.4, 0.5) is 14.9 Å². The van der Waals surface area contributed by atoms with Crippen LogP contribution in [-0.4, -0.2) is 41.2 Å². The zero-order valence-electron chi connectivity index (χ0n) is 17.7. The Morgan fingerprint density at radius 2 is 2.06 bits per heavy atom. The predicted octanol–water partition coefficient (Wildman–Crippen LogP) is 4.88. The van der Waals surface area contributed by atoms with E-state index in [4.69, 9.17) is 16.7 Å². The molecule has 31 heavy (non-hydrogen) atoms. The molecular formula is C22H25ClFN3O4. The first-order chi connectivity index (χ1) is 14.5. The molecule has 1 saturated heterocycles. The van der Waals surface area contributed by atoms with Gasteiger partial charge in [-0.3, -0.25) is 9.79 Å². The zero-order valence-corrected chi connectivity index (χ0v) is 18.4. The quantitative estimate of drug-likeness (QED) is 0.531. The van der Waals surface area contributed by atoms with Crippen molar-refractivity contribution in [3.63, 3.8) is 0 Å². The standard InChI is InChI=1S/C22H25ClFN3O4/c1-22(2,3)11-25-12-6-7-26(9-12)19-15(24)8-14-18(17(19)23)27(13-4-5-13)10-16(20(14)28)31-21(29)30/h8,10-13H,4-7,9H2,1-3H3,(H,29,30). The number of carbonyl (C=O) groups is 1. The van der Waals surface area contributed by atoms with Crippen LogP contribution in [0.15, 0.2) is 22.1 Å². The van der Waals surface area contributed by atoms with Gasteiger partial charge in [-0.15, -0.1) is 0 Å². The van der Waals surface area contributed by atoms with Gasteiger partial charge in [-0.2, -0.15) is 0 Å². The summed E-state index contributed by atoms with van der Waals surface area (Å²) in [5.74, 6) is -0.974. The summed E-state index contributed by atoms with van der Waals surface area (Å²) in [6.45, 7) is 7.35. The number of nitrogens with zero attached hydrogens (tertiary/aromatic N) is 3. The maximum Gasteiger partial charge on any atom is 0.511 e. The second-order valence-electron chi connectivity index (χ2n) is 9.28. The highest BCUT2D eigenvalue weighted by Crippen LogP contribution is 2.43. The molecule has 1 N–H and O–H groups in total. The third-order valence-electron chi connectivity index (χ3n) is 5.44. The van der Waals surface area contributed by atoms with Gasteiger partial charge in [0, 0.05) is 25.3 Å². The van der Waals surface area contributed by atoms with Crippen molar-refractivity contribution >= 4 is 40.6 Å². The Balaban J connectivity index is 1.78. The summed E-state index contributed by atoms with van der Waals surface area (Å²) in [4.78, 5) is 30.2. The molecule has 0 spiro atoms. The van der Waals surface area contributed by atoms with Crippen LogP contribution in [0.5, 0.6) is 5.75 Å². The van der Waals surface area contributed by atoms with E-state index in [9.17, 15) is 9.59 Å². The minimum Gasteiger partial charge on any atom is -0.449 e. The highest BCUT2D eigenvalue weighted by Gasteiger charge is 2.32. The maximum absolute atomic E-state index is 15.2. The molecule has 7 nitrogen and oxygen atoms in total. The van der Waals surface area contributed by atoms with Gasteiger partial charge < -0.3 is 19.3 Å². The van der Waals surface area contributed by atoms with Gasteiger partial charge in [-0.05, 0) is 30.7 Å². The lowest BCUT2D eigenvalue weighted by atomic mass is 9.99. The largest absolute Gasteiger partial charge is 0.511 e. The van der Waals surface area contributed by atoms with E-state index in [2.05, 4.69) is 30.5 Å². The van der Waals surface area contributed by atoms with Gasteiger partial charge in [0.2, 0.25) is 5.43 Å². The molecule has 0 bridgehead atoms. The van der Waals surface area contributed by atoms with Crippen molar-refractivity contribution in [1.29, 1.82) is 0 Å². The molecule has 2 heterocycles. The number of hydrogen-bond donors (Lipinski definition) is 1. The van der Waals surface area contributed by atoms with Gasteiger partial charge in [0.25, 0.3) is 0 Å². The molecule has 0 amide bonds. The average Bonchev–Trinajstić information content (AvgIpc) is 3.40. The molecular weight excluding hydrogens is 425 g/mol. The van der Waals surface area contributed by atoms with Crippen LogP contribution in [0.25, 0.3) is 10.9 Å². The Hall–Kier alpha value is -2.61. The van der Waals surface area contributed by atoms with Crippen molar-refractivity contribution in [3.8, 4) is 5.75 Å². The lowest BCUT2D eigenvalue weighted by Gasteiger charge is -2.23. The van der Waals surface area contributed by atoms with E-state index in [1.54, 1.807) is 4.57 Å². The summed E-state index contributed by atoms with van der Waals surface area (Å²) in [5, 5.41) is 9.10. The van der Waals surface area contributed by atoms with Gasteiger partial charge in [-0.25, -0.2) is 9.18 Å². The highest BCUT2D eigenvalue weighted by atomic mass is 35.5. The van der Waals surface area contributed by atoms with Crippen molar-refractivity contribution in [2.45, 2.75) is 52.1 Å². The Bertz CT molecular complexity index is 1130. The van der Waals surface area contributed by atoms with Crippen LogP contribution in [0.2, 0.25) is 5.02 Å². The third kappa shape index (κ3) is 4.39. The molecule has 2 fully saturated rings. The number of aliphatic imine (C=N–C) groups is 1. The molecule has 1 aromatic heterocycles. The van der Waals surface area contributed by atoms with Crippen molar-refractivity contribution in [1.82, 2.24) is 4.57 Å². The van der Waals surface area contributed by atoms with Gasteiger partial charge in [0.05, 0.1) is 33.9 Å². The van der Waals surface area contributed by atoms with Crippen LogP contribution in [0.1, 0.15) is 46.1 Å². The SMILES string of the molecule is CC(C)(C)C=NC1CCN(c2c(F)cc3c(=O)c(OC(=O)O)cn(C4CC4)c3c2Cl)C1. The van der Waals surface area contributed by atoms with Gasteiger partial charge >= 0.3 is 6.16 Å². The highest BCUT2D eigenvalue weighted by molar-refractivity contribution is 6.38. The monoisotopic (exact) mass is 449 g/mol. The van der Waals surface area contributed by atoms with E-state index in [0.717, 1.165) is 25.3 Å². The molecule has 166 valence electrons. The number of hydrogen-bond acceptors (Lipinski definition) is 5. The molecule has 0 radical (unpaired) electrons. The predicted molar refractivity (Wildman–Crippen MR) is 119 cm³/mol. The minimum absolute atomic E-state index is 0.0124. The van der Waals surface area contributed by atoms with E-state index in [-0.39, 0.29) is 39.3 Å². The van der Waals surface area contributed by atoms with Crippen LogP contribution in [0.3, 0.4) is 0 Å². The van der Waals surface area contributed by atoms with Crippen molar-refractivity contribution in [2.24, 2.45) is 10.4 Å². The topological polar surface area (TPSA) is 84.1 Å². The van der Waals surface area contributed by atoms with Gasteiger partial charge in [-0.1, -0.05) is 32.4 Å². The van der Waals surface area contributed by atoms with Crippen molar-refractivity contribution < 1.29 is 19.0 Å². The fraction of sp³-hybridized carbons (Fsp3) is 0.500. The van der Waals surface area contributed by atoms with Crippen molar-refractivity contribution in [2.75, 3.05) is 18.0 Å². The molecule has 4 rings (SSSR count).